The van der Waals surface area contributed by atoms with E-state index in [0.717, 1.165) is 17.0 Å². The van der Waals surface area contributed by atoms with Gasteiger partial charge < -0.3 is 15.4 Å². The van der Waals surface area contributed by atoms with Gasteiger partial charge in [0.15, 0.2) is 5.95 Å². The van der Waals surface area contributed by atoms with Crippen LogP contribution in [0.3, 0.4) is 0 Å². The largest absolute Gasteiger partial charge is 0.539 e. The van der Waals surface area contributed by atoms with Crippen LogP contribution in [0.4, 0.5) is 5.69 Å². The van der Waals surface area contributed by atoms with E-state index in [9.17, 15) is 9.90 Å². The Morgan fingerprint density at radius 1 is 1.24 bits per heavy atom. The van der Waals surface area contributed by atoms with E-state index in [1.54, 1.807) is 24.3 Å². The van der Waals surface area contributed by atoms with Crippen LogP contribution in [0.2, 0.25) is 0 Å². The number of rotatable bonds is 3. The number of thiophene rings is 1. The van der Waals surface area contributed by atoms with E-state index < -0.39 is 11.7 Å². The van der Waals surface area contributed by atoms with Gasteiger partial charge >= 0.3 is 5.69 Å². The van der Waals surface area contributed by atoms with Gasteiger partial charge in [0.25, 0.3) is 5.78 Å². The minimum Gasteiger partial charge on any atom is -0.539 e. The van der Waals surface area contributed by atoms with Crippen LogP contribution in [0.5, 0.6) is 5.95 Å². The lowest BCUT2D eigenvalue weighted by molar-refractivity contribution is -0.672. The second kappa shape index (κ2) is 5.67. The SMILES string of the molecule is Cc1ccc2c(N)c(C(=O)c3c([O-])on[n+]3-c3ccccc3)sc2n1. The first-order valence-corrected chi connectivity index (χ1v) is 8.22. The molecule has 0 aliphatic carbocycles. The summed E-state index contributed by atoms with van der Waals surface area (Å²) in [5.74, 6) is -1.34. The van der Waals surface area contributed by atoms with Crippen molar-refractivity contribution in [1.29, 1.82) is 0 Å². The number of fused-ring (bicyclic) bond motifs is 1. The minimum atomic E-state index is -0.810. The highest BCUT2D eigenvalue weighted by Crippen LogP contribution is 2.34. The van der Waals surface area contributed by atoms with Crippen molar-refractivity contribution in [2.75, 3.05) is 5.73 Å². The van der Waals surface area contributed by atoms with Gasteiger partial charge in [0.05, 0.1) is 11.0 Å². The van der Waals surface area contributed by atoms with Gasteiger partial charge in [-0.1, -0.05) is 18.2 Å². The molecular weight excluding hydrogens is 340 g/mol. The third-order valence-corrected chi connectivity index (χ3v) is 4.88. The summed E-state index contributed by atoms with van der Waals surface area (Å²) < 4.78 is 5.90. The van der Waals surface area contributed by atoms with E-state index in [4.69, 9.17) is 10.3 Å². The van der Waals surface area contributed by atoms with Crippen LogP contribution < -0.4 is 15.5 Å². The Bertz CT molecular complexity index is 1100. The Balaban J connectivity index is 1.88. The lowest BCUT2D eigenvalue weighted by Gasteiger charge is -1.98. The van der Waals surface area contributed by atoms with Gasteiger partial charge in [-0.05, 0) is 23.7 Å². The van der Waals surface area contributed by atoms with Crippen molar-refractivity contribution >= 4 is 33.0 Å². The standard InChI is InChI=1S/C17H12N4O3S/c1-9-7-8-11-12(18)15(25-16(11)19-9)14(22)13-17(23)24-20-21(13)10-5-3-2-4-6-10/h2-8H,1H3,(H2-,18,20,22,23). The van der Waals surface area contributed by atoms with Crippen LogP contribution in [0, 0.1) is 6.92 Å². The second-order valence-electron chi connectivity index (χ2n) is 5.44. The molecule has 3 heterocycles. The zero-order valence-electron chi connectivity index (χ0n) is 13.1. The lowest BCUT2D eigenvalue weighted by Crippen LogP contribution is -2.39. The highest BCUT2D eigenvalue weighted by atomic mass is 32.1. The molecule has 0 fully saturated rings. The van der Waals surface area contributed by atoms with Crippen LogP contribution in [0.15, 0.2) is 47.0 Å². The Labute approximate surface area is 145 Å². The second-order valence-corrected chi connectivity index (χ2v) is 6.43. The van der Waals surface area contributed by atoms with Gasteiger partial charge in [0.2, 0.25) is 5.69 Å². The molecule has 7 nitrogen and oxygen atoms in total. The number of carbonyl (C=O) groups is 1. The first kappa shape index (κ1) is 15.3. The molecule has 0 aliphatic rings. The van der Waals surface area contributed by atoms with Crippen molar-refractivity contribution < 1.29 is 19.1 Å². The molecule has 124 valence electrons. The number of benzene rings is 1. The van der Waals surface area contributed by atoms with Crippen LogP contribution in [-0.2, 0) is 0 Å². The highest BCUT2D eigenvalue weighted by molar-refractivity contribution is 7.21. The van der Waals surface area contributed by atoms with Crippen LogP contribution in [0.25, 0.3) is 15.9 Å². The molecule has 4 rings (SSSR count). The van der Waals surface area contributed by atoms with E-state index in [1.165, 1.54) is 4.68 Å². The average molecular weight is 352 g/mol. The molecule has 2 N–H and O–H groups in total. The Morgan fingerprint density at radius 3 is 2.76 bits per heavy atom. The van der Waals surface area contributed by atoms with Crippen molar-refractivity contribution in [1.82, 2.24) is 10.3 Å². The molecule has 0 unspecified atom stereocenters. The quantitative estimate of drug-likeness (QED) is 0.444. The smallest absolute Gasteiger partial charge is 0.312 e. The normalized spacial score (nSPS) is 11.1. The Morgan fingerprint density at radius 2 is 2.00 bits per heavy atom. The van der Waals surface area contributed by atoms with E-state index >= 15 is 0 Å². The van der Waals surface area contributed by atoms with E-state index in [1.807, 2.05) is 25.1 Å². The van der Waals surface area contributed by atoms with E-state index in [2.05, 4.69) is 10.3 Å². The van der Waals surface area contributed by atoms with Crippen molar-refractivity contribution in [2.24, 2.45) is 0 Å². The predicted octanol–water partition coefficient (Wildman–Crippen LogP) is 1.76. The topological polar surface area (TPSA) is 109 Å². The van der Waals surface area contributed by atoms with Crippen molar-refractivity contribution in [2.45, 2.75) is 6.92 Å². The summed E-state index contributed by atoms with van der Waals surface area (Å²) in [7, 11) is 0. The number of aryl methyl sites for hydroxylation is 1. The molecular formula is C17H12N4O3S. The number of hydrogen-bond donors (Lipinski definition) is 1. The summed E-state index contributed by atoms with van der Waals surface area (Å²) in [6.07, 6.45) is 0. The Kier molecular flexibility index (Phi) is 3.47. The summed E-state index contributed by atoms with van der Waals surface area (Å²) in [5, 5.41) is 16.5. The first-order chi connectivity index (χ1) is 12.1. The van der Waals surface area contributed by atoms with Gasteiger partial charge in [-0.15, -0.1) is 11.3 Å². The van der Waals surface area contributed by atoms with Crippen LogP contribution >= 0.6 is 11.3 Å². The maximum Gasteiger partial charge on any atom is 0.312 e. The summed E-state index contributed by atoms with van der Waals surface area (Å²) in [6, 6.07) is 12.4. The number of nitrogens with zero attached hydrogens (tertiary/aromatic N) is 3. The van der Waals surface area contributed by atoms with Crippen LogP contribution in [0.1, 0.15) is 21.1 Å². The molecule has 0 radical (unpaired) electrons. The maximum absolute atomic E-state index is 13.0. The molecule has 0 atom stereocenters. The molecule has 3 aromatic heterocycles. The number of hydrogen-bond acceptors (Lipinski definition) is 7. The molecule has 0 bridgehead atoms. The van der Waals surface area contributed by atoms with E-state index in [-0.39, 0.29) is 10.6 Å². The number of pyridine rings is 1. The van der Waals surface area contributed by atoms with Gasteiger partial charge in [-0.3, -0.25) is 4.79 Å². The molecule has 0 saturated carbocycles. The molecule has 25 heavy (non-hydrogen) atoms. The summed E-state index contributed by atoms with van der Waals surface area (Å²) in [6.45, 7) is 1.86. The molecule has 0 saturated heterocycles. The number of nitrogens with two attached hydrogens (primary N) is 1. The maximum atomic E-state index is 13.0. The fraction of sp³-hybridized carbons (Fsp3) is 0.0588. The molecule has 8 heteroatoms. The zero-order chi connectivity index (χ0) is 17.6. The molecule has 0 aliphatic heterocycles. The number of para-hydroxylation sites is 1. The van der Waals surface area contributed by atoms with Crippen molar-refractivity contribution in [3.63, 3.8) is 0 Å². The fourth-order valence-corrected chi connectivity index (χ4v) is 3.63. The fourth-order valence-electron chi connectivity index (χ4n) is 2.55. The molecule has 4 aromatic rings. The third kappa shape index (κ3) is 2.43. The highest BCUT2D eigenvalue weighted by Gasteiger charge is 2.31. The number of carbonyl (C=O) groups excluding carboxylic acids is 1. The molecule has 0 spiro atoms. The summed E-state index contributed by atoms with van der Waals surface area (Å²) in [4.78, 5) is 18.3. The first-order valence-electron chi connectivity index (χ1n) is 7.41. The monoisotopic (exact) mass is 352 g/mol. The number of anilines is 1. The molecule has 1 aromatic carbocycles. The number of nitrogen functional groups attached to an aromatic ring is 1. The number of ketones is 1. The predicted molar refractivity (Wildman–Crippen MR) is 89.7 cm³/mol. The van der Waals surface area contributed by atoms with Crippen molar-refractivity contribution in [3.05, 3.63) is 58.7 Å². The average Bonchev–Trinajstić information content (AvgIpc) is 3.15. The van der Waals surface area contributed by atoms with Gasteiger partial charge in [0.1, 0.15) is 9.71 Å². The number of aromatic nitrogens is 3. The van der Waals surface area contributed by atoms with Gasteiger partial charge in [-0.2, -0.15) is 0 Å². The summed E-state index contributed by atoms with van der Waals surface area (Å²) in [5.41, 5.74) is 7.60. The lowest BCUT2D eigenvalue weighted by atomic mass is 10.2. The van der Waals surface area contributed by atoms with Crippen molar-refractivity contribution in [3.8, 4) is 11.6 Å². The van der Waals surface area contributed by atoms with E-state index in [0.29, 0.717) is 21.6 Å². The minimum absolute atomic E-state index is 0.193. The Hall–Kier alpha value is -3.26. The van der Waals surface area contributed by atoms with Gasteiger partial charge in [0, 0.05) is 23.2 Å². The van der Waals surface area contributed by atoms with Gasteiger partial charge in [-0.25, -0.2) is 4.98 Å². The zero-order valence-corrected chi connectivity index (χ0v) is 13.9. The third-order valence-electron chi connectivity index (χ3n) is 3.77. The van der Waals surface area contributed by atoms with Crippen LogP contribution in [-0.4, -0.2) is 16.0 Å². The molecule has 0 amide bonds. The summed E-state index contributed by atoms with van der Waals surface area (Å²) >= 11 is 1.15.